The third-order valence-electron chi connectivity index (χ3n) is 6.10. The van der Waals surface area contributed by atoms with Crippen molar-refractivity contribution in [3.63, 3.8) is 0 Å². The van der Waals surface area contributed by atoms with Crippen LogP contribution >= 0.6 is 0 Å². The summed E-state index contributed by atoms with van der Waals surface area (Å²) in [6.45, 7) is 1.22. The summed E-state index contributed by atoms with van der Waals surface area (Å²) >= 11 is 0. The fraction of sp³-hybridized carbons (Fsp3) is 0.632. The number of nitrogens with one attached hydrogen (secondary N) is 1. The van der Waals surface area contributed by atoms with Gasteiger partial charge in [-0.25, -0.2) is 0 Å². The highest BCUT2D eigenvalue weighted by atomic mass is 16.5. The molecule has 0 radical (unpaired) electrons. The largest absolute Gasteiger partial charge is 0.547 e. The molecule has 4 atom stereocenters. The predicted octanol–water partition coefficient (Wildman–Crippen LogP) is -0.551. The van der Waals surface area contributed by atoms with Crippen LogP contribution in [0.5, 0.6) is 5.75 Å². The Labute approximate surface area is 165 Å². The second kappa shape index (κ2) is 9.24. The van der Waals surface area contributed by atoms with Crippen molar-refractivity contribution in [1.82, 2.24) is 5.32 Å². The molecule has 1 aliphatic heterocycles. The number of carbonyl (C=O) groups excluding carboxylic acids is 1. The molecule has 0 aromatic heterocycles. The lowest BCUT2D eigenvalue weighted by atomic mass is 9.71. The van der Waals surface area contributed by atoms with Crippen LogP contribution in [0.4, 0.5) is 0 Å². The zero-order valence-corrected chi connectivity index (χ0v) is 16.0. The normalized spacial score (nSPS) is 27.3. The molecule has 1 fully saturated rings. The number of carbonyl (C=O) groups is 1. The lowest BCUT2D eigenvalue weighted by Crippen LogP contribution is -2.53. The van der Waals surface area contributed by atoms with E-state index in [9.17, 15) is 20.0 Å². The monoisotopic (exact) mass is 391 g/mol. The van der Waals surface area contributed by atoms with Crippen LogP contribution in [0, 0.1) is 17.8 Å². The molecular weight excluding hydrogens is 361 g/mol. The molecule has 8 nitrogen and oxygen atoms in total. The molecule has 0 unspecified atom stereocenters. The number of amides is 1. The molecule has 1 aromatic carbocycles. The van der Waals surface area contributed by atoms with Gasteiger partial charge in [-0.05, 0) is 62.1 Å². The first-order valence-electron chi connectivity index (χ1n) is 9.95. The topological polar surface area (TPSA) is 151 Å². The van der Waals surface area contributed by atoms with Crippen LogP contribution in [0.2, 0.25) is 0 Å². The van der Waals surface area contributed by atoms with Gasteiger partial charge in [-0.1, -0.05) is 18.2 Å². The summed E-state index contributed by atoms with van der Waals surface area (Å²) in [6.07, 6.45) is 1.90. The second-order valence-electron chi connectivity index (χ2n) is 7.97. The summed E-state index contributed by atoms with van der Waals surface area (Å²) in [4.78, 5) is 12.5. The van der Waals surface area contributed by atoms with Gasteiger partial charge in [0, 0.05) is 12.0 Å². The first kappa shape index (κ1) is 21.1. The minimum absolute atomic E-state index is 0.124. The number of nitrogens with two attached hydrogens (primary N) is 2. The van der Waals surface area contributed by atoms with Gasteiger partial charge in [-0.3, -0.25) is 4.79 Å². The fourth-order valence-corrected chi connectivity index (χ4v) is 4.51. The van der Waals surface area contributed by atoms with Crippen molar-refractivity contribution < 1.29 is 24.7 Å². The minimum atomic E-state index is -1.69. The van der Waals surface area contributed by atoms with Gasteiger partial charge in [-0.15, -0.1) is 0 Å². The average molecular weight is 391 g/mol. The number of aliphatic hydroxyl groups is 2. The molecule has 1 aliphatic carbocycles. The number of para-hydroxylation sites is 1. The van der Waals surface area contributed by atoms with Crippen LogP contribution in [0.25, 0.3) is 0 Å². The van der Waals surface area contributed by atoms with Crippen LogP contribution in [0.1, 0.15) is 43.1 Å². The summed E-state index contributed by atoms with van der Waals surface area (Å²) in [6, 6.07) is 5.00. The lowest BCUT2D eigenvalue weighted by Gasteiger charge is -2.35. The van der Waals surface area contributed by atoms with E-state index in [4.69, 9.17) is 16.1 Å². The van der Waals surface area contributed by atoms with Crippen molar-refractivity contribution in [3.05, 3.63) is 29.3 Å². The zero-order valence-electron chi connectivity index (χ0n) is 16.0. The van der Waals surface area contributed by atoms with E-state index in [2.05, 4.69) is 5.32 Å². The molecule has 8 N–H and O–H groups in total. The van der Waals surface area contributed by atoms with E-state index in [0.717, 1.165) is 19.3 Å². The summed E-state index contributed by atoms with van der Waals surface area (Å²) in [7, 11) is -1.25. The van der Waals surface area contributed by atoms with Gasteiger partial charge >= 0.3 is 7.12 Å². The van der Waals surface area contributed by atoms with Gasteiger partial charge < -0.3 is 36.7 Å². The Hall–Kier alpha value is -1.65. The summed E-state index contributed by atoms with van der Waals surface area (Å²) in [5, 5.41) is 32.1. The predicted molar refractivity (Wildman–Crippen MR) is 105 cm³/mol. The lowest BCUT2D eigenvalue weighted by molar-refractivity contribution is -0.122. The highest BCUT2D eigenvalue weighted by molar-refractivity contribution is 6.46. The summed E-state index contributed by atoms with van der Waals surface area (Å²) < 4.78 is 5.48. The van der Waals surface area contributed by atoms with Gasteiger partial charge in [0.15, 0.2) is 6.29 Å². The third-order valence-corrected chi connectivity index (χ3v) is 6.10. The molecule has 1 aromatic rings. The first-order chi connectivity index (χ1) is 13.4. The molecular formula is C19H30BN3O5. The number of rotatable bonds is 6. The molecule has 2 aliphatic rings. The second-order valence-corrected chi connectivity index (χ2v) is 7.97. The Morgan fingerprint density at radius 1 is 1.25 bits per heavy atom. The minimum Gasteiger partial charge on any atom is -0.534 e. The van der Waals surface area contributed by atoms with E-state index in [1.165, 1.54) is 6.07 Å². The van der Waals surface area contributed by atoms with E-state index in [-0.39, 0.29) is 23.1 Å². The van der Waals surface area contributed by atoms with Crippen LogP contribution in [-0.2, 0) is 11.2 Å². The molecule has 9 heteroatoms. The summed E-state index contributed by atoms with van der Waals surface area (Å²) in [5.74, 6) is 0.613. The SMILES string of the molecule is NC[C@@H]1CC[C@@H](CC(=O)N[C@H]2Cc3cccc(C(O)O)c3OB2O)C[C@H]1CN. The van der Waals surface area contributed by atoms with E-state index >= 15 is 0 Å². The molecule has 1 amide bonds. The Balaban J connectivity index is 1.58. The van der Waals surface area contributed by atoms with Gasteiger partial charge in [0.05, 0.1) is 5.94 Å². The molecule has 0 bridgehead atoms. The maximum absolute atomic E-state index is 12.5. The number of fused-ring (bicyclic) bond motifs is 1. The van der Waals surface area contributed by atoms with Gasteiger partial charge in [0.2, 0.25) is 5.91 Å². The zero-order chi connectivity index (χ0) is 20.3. The molecule has 1 saturated carbocycles. The van der Waals surface area contributed by atoms with E-state index < -0.39 is 19.3 Å². The molecule has 154 valence electrons. The number of benzene rings is 1. The Bertz CT molecular complexity index is 690. The maximum Gasteiger partial charge on any atom is 0.547 e. The van der Waals surface area contributed by atoms with Crippen LogP contribution < -0.4 is 21.4 Å². The average Bonchev–Trinajstić information content (AvgIpc) is 2.67. The molecule has 0 spiro atoms. The first-order valence-corrected chi connectivity index (χ1v) is 9.95. The van der Waals surface area contributed by atoms with Crippen molar-refractivity contribution in [2.75, 3.05) is 13.1 Å². The number of hydrogen-bond donors (Lipinski definition) is 6. The van der Waals surface area contributed by atoms with Gasteiger partial charge in [0.25, 0.3) is 0 Å². The number of aliphatic hydroxyl groups excluding tert-OH is 1. The van der Waals surface area contributed by atoms with E-state index in [1.54, 1.807) is 12.1 Å². The van der Waals surface area contributed by atoms with Crippen molar-refractivity contribution in [2.45, 2.75) is 44.3 Å². The fourth-order valence-electron chi connectivity index (χ4n) is 4.51. The highest BCUT2D eigenvalue weighted by Crippen LogP contribution is 2.35. The van der Waals surface area contributed by atoms with Crippen LogP contribution in [0.15, 0.2) is 18.2 Å². The van der Waals surface area contributed by atoms with Crippen molar-refractivity contribution in [2.24, 2.45) is 29.2 Å². The maximum atomic E-state index is 12.5. The van der Waals surface area contributed by atoms with Crippen LogP contribution in [0.3, 0.4) is 0 Å². The van der Waals surface area contributed by atoms with Gasteiger partial charge in [0.1, 0.15) is 5.75 Å². The van der Waals surface area contributed by atoms with Crippen molar-refractivity contribution >= 4 is 13.0 Å². The quantitative estimate of drug-likeness (QED) is 0.281. The molecule has 0 saturated heterocycles. The smallest absolute Gasteiger partial charge is 0.534 e. The standard InChI is InChI=1S/C19H30BN3O5/c21-9-13-5-4-11(6-14(13)10-22)7-17(24)23-16-8-12-2-1-3-15(19(25)26)18(12)28-20(16)27/h1-3,11,13-14,16,19,25-27H,4-10,21-22H2,(H,23,24)/t11-,13+,14+,16+/m1/s1. The molecule has 1 heterocycles. The van der Waals surface area contributed by atoms with Crippen molar-refractivity contribution in [3.8, 4) is 5.75 Å². The third kappa shape index (κ3) is 4.67. The Kier molecular flexibility index (Phi) is 6.95. The summed E-state index contributed by atoms with van der Waals surface area (Å²) in [5.41, 5.74) is 12.6. The molecule has 3 rings (SSSR count). The van der Waals surface area contributed by atoms with E-state index in [1.807, 2.05) is 0 Å². The van der Waals surface area contributed by atoms with E-state index in [0.29, 0.717) is 43.3 Å². The van der Waals surface area contributed by atoms with Gasteiger partial charge in [-0.2, -0.15) is 0 Å². The Morgan fingerprint density at radius 3 is 2.68 bits per heavy atom. The van der Waals surface area contributed by atoms with Crippen LogP contribution in [-0.4, -0.2) is 47.3 Å². The van der Waals surface area contributed by atoms with Crippen molar-refractivity contribution in [1.29, 1.82) is 0 Å². The highest BCUT2D eigenvalue weighted by Gasteiger charge is 2.38. The Morgan fingerprint density at radius 2 is 2.00 bits per heavy atom. The number of hydrogen-bond acceptors (Lipinski definition) is 7. The molecule has 28 heavy (non-hydrogen) atoms.